The van der Waals surface area contributed by atoms with Crippen molar-refractivity contribution >= 4 is 0 Å². The molecule has 2 rings (SSSR count). The molecule has 0 saturated heterocycles. The van der Waals surface area contributed by atoms with Crippen LogP contribution in [0.4, 0.5) is 0 Å². The second-order valence-electron chi connectivity index (χ2n) is 4.45. The van der Waals surface area contributed by atoms with Crippen molar-refractivity contribution in [1.29, 1.82) is 0 Å². The summed E-state index contributed by atoms with van der Waals surface area (Å²) in [6.07, 6.45) is 3.20. The van der Waals surface area contributed by atoms with Crippen LogP contribution in [-0.4, -0.2) is 19.9 Å². The first-order chi connectivity index (χ1) is 9.08. The molecule has 1 unspecified atom stereocenters. The number of aromatic nitrogens is 4. The first-order valence-electron chi connectivity index (χ1n) is 6.13. The predicted molar refractivity (Wildman–Crippen MR) is 71.6 cm³/mol. The molecular weight excluding hydrogens is 242 g/mol. The molecule has 0 aliphatic heterocycles. The Balaban J connectivity index is 2.13. The molecule has 100 valence electrons. The molecule has 0 fully saturated rings. The van der Waals surface area contributed by atoms with Gasteiger partial charge in [0, 0.05) is 24.5 Å². The van der Waals surface area contributed by atoms with Gasteiger partial charge >= 0.3 is 0 Å². The lowest BCUT2D eigenvalue weighted by molar-refractivity contribution is 0.555. The summed E-state index contributed by atoms with van der Waals surface area (Å²) in [7, 11) is 0. The lowest BCUT2D eigenvalue weighted by Crippen LogP contribution is -2.28. The third-order valence-corrected chi connectivity index (χ3v) is 2.93. The molecule has 0 amide bonds. The number of hydrogen-bond donors (Lipinski definition) is 2. The van der Waals surface area contributed by atoms with Gasteiger partial charge in [-0.3, -0.25) is 4.79 Å². The van der Waals surface area contributed by atoms with Gasteiger partial charge in [0.2, 0.25) is 0 Å². The van der Waals surface area contributed by atoms with Crippen molar-refractivity contribution in [3.63, 3.8) is 0 Å². The Bertz CT molecular complexity index is 608. The van der Waals surface area contributed by atoms with Crippen LogP contribution in [0.15, 0.2) is 23.4 Å². The molecule has 19 heavy (non-hydrogen) atoms. The number of aryl methyl sites for hydroxylation is 2. The van der Waals surface area contributed by atoms with E-state index < -0.39 is 0 Å². The van der Waals surface area contributed by atoms with Gasteiger partial charge in [0.1, 0.15) is 12.2 Å². The van der Waals surface area contributed by atoms with Crippen LogP contribution in [-0.2, 0) is 6.54 Å². The van der Waals surface area contributed by atoms with Gasteiger partial charge in [-0.2, -0.15) is 0 Å². The topological polar surface area (TPSA) is 83.6 Å². The van der Waals surface area contributed by atoms with Crippen LogP contribution in [0.5, 0.6) is 0 Å². The zero-order valence-electron chi connectivity index (χ0n) is 11.3. The second-order valence-corrected chi connectivity index (χ2v) is 4.45. The van der Waals surface area contributed by atoms with Gasteiger partial charge in [-0.15, -0.1) is 0 Å². The molecule has 2 heterocycles. The highest BCUT2D eigenvalue weighted by Gasteiger charge is 2.14. The van der Waals surface area contributed by atoms with Crippen molar-refractivity contribution in [2.24, 2.45) is 0 Å². The number of nitrogens with zero attached hydrogens (tertiary/aromatic N) is 3. The monoisotopic (exact) mass is 259 g/mol. The maximum absolute atomic E-state index is 12.0. The van der Waals surface area contributed by atoms with Gasteiger partial charge < -0.3 is 10.3 Å². The van der Waals surface area contributed by atoms with E-state index in [0.29, 0.717) is 17.9 Å². The summed E-state index contributed by atoms with van der Waals surface area (Å²) >= 11 is 0. The number of hydrogen-bond acceptors (Lipinski definition) is 5. The molecule has 0 spiro atoms. The number of H-pyrrole nitrogens is 1. The average Bonchev–Trinajstić information content (AvgIpc) is 2.36. The van der Waals surface area contributed by atoms with E-state index >= 15 is 0 Å². The molecule has 0 aliphatic rings. The zero-order valence-corrected chi connectivity index (χ0v) is 11.3. The molecule has 6 heteroatoms. The van der Waals surface area contributed by atoms with E-state index in [2.05, 4.69) is 25.3 Å². The summed E-state index contributed by atoms with van der Waals surface area (Å²) in [5.74, 6) is 0.634. The van der Waals surface area contributed by atoms with E-state index in [4.69, 9.17) is 0 Å². The van der Waals surface area contributed by atoms with Crippen molar-refractivity contribution < 1.29 is 0 Å². The molecular formula is C13H17N5O. The van der Waals surface area contributed by atoms with Crippen LogP contribution in [0, 0.1) is 13.8 Å². The molecule has 2 N–H and O–H groups in total. The minimum Gasteiger partial charge on any atom is -0.310 e. The number of rotatable bonds is 4. The Morgan fingerprint density at radius 3 is 2.84 bits per heavy atom. The Kier molecular flexibility index (Phi) is 4.01. The molecule has 6 nitrogen and oxygen atoms in total. The summed E-state index contributed by atoms with van der Waals surface area (Å²) < 4.78 is 0. The average molecular weight is 259 g/mol. The van der Waals surface area contributed by atoms with Gasteiger partial charge in [-0.05, 0) is 26.8 Å². The summed E-state index contributed by atoms with van der Waals surface area (Å²) in [6.45, 7) is 6.14. The highest BCUT2D eigenvalue weighted by Crippen LogP contribution is 2.11. The second kappa shape index (κ2) is 5.71. The predicted octanol–water partition coefficient (Wildman–Crippen LogP) is 1.03. The van der Waals surface area contributed by atoms with E-state index in [1.54, 1.807) is 13.1 Å². The molecule has 0 bridgehead atoms. The third kappa shape index (κ3) is 3.23. The van der Waals surface area contributed by atoms with Gasteiger partial charge in [0.15, 0.2) is 0 Å². The van der Waals surface area contributed by atoms with Crippen LogP contribution < -0.4 is 10.9 Å². The van der Waals surface area contributed by atoms with E-state index in [0.717, 1.165) is 11.4 Å². The standard InChI is InChI=1S/C13H17N5O/c1-8(15-6-11-4-5-14-7-16-11)12-9(2)17-10(3)18-13(12)19/h4-5,7-8,15H,6H2,1-3H3,(H,17,18,19). The Hall–Kier alpha value is -2.08. The highest BCUT2D eigenvalue weighted by atomic mass is 16.1. The zero-order chi connectivity index (χ0) is 13.8. The smallest absolute Gasteiger partial charge is 0.255 e. The fourth-order valence-electron chi connectivity index (χ4n) is 2.03. The minimum absolute atomic E-state index is 0.0901. The summed E-state index contributed by atoms with van der Waals surface area (Å²) in [6, 6.07) is 1.75. The van der Waals surface area contributed by atoms with E-state index in [9.17, 15) is 4.79 Å². The molecule has 2 aromatic rings. The summed E-state index contributed by atoms with van der Waals surface area (Å²) in [5.41, 5.74) is 2.22. The summed E-state index contributed by atoms with van der Waals surface area (Å²) in [4.78, 5) is 27.0. The van der Waals surface area contributed by atoms with Crippen LogP contribution in [0.1, 0.15) is 35.7 Å². The first kappa shape index (κ1) is 13.4. The maximum Gasteiger partial charge on any atom is 0.255 e. The SMILES string of the molecule is Cc1nc(C)c(C(C)NCc2ccncn2)c(=O)[nH]1. The van der Waals surface area contributed by atoms with Crippen molar-refractivity contribution in [1.82, 2.24) is 25.3 Å². The summed E-state index contributed by atoms with van der Waals surface area (Å²) in [5, 5.41) is 3.27. The van der Waals surface area contributed by atoms with Crippen LogP contribution in [0.3, 0.4) is 0 Å². The maximum atomic E-state index is 12.0. The van der Waals surface area contributed by atoms with E-state index in [1.807, 2.05) is 19.9 Å². The Morgan fingerprint density at radius 2 is 2.21 bits per heavy atom. The quantitative estimate of drug-likeness (QED) is 0.856. The van der Waals surface area contributed by atoms with E-state index in [1.165, 1.54) is 6.33 Å². The van der Waals surface area contributed by atoms with Crippen molar-refractivity contribution in [3.8, 4) is 0 Å². The molecule has 0 saturated carbocycles. The van der Waals surface area contributed by atoms with Crippen LogP contribution >= 0.6 is 0 Å². The molecule has 0 aliphatic carbocycles. The lowest BCUT2D eigenvalue weighted by Gasteiger charge is -2.15. The normalized spacial score (nSPS) is 12.4. The molecule has 1 atom stereocenters. The fraction of sp³-hybridized carbons (Fsp3) is 0.385. The minimum atomic E-state index is -0.0909. The van der Waals surface area contributed by atoms with Crippen LogP contribution in [0.2, 0.25) is 0 Å². The Morgan fingerprint density at radius 1 is 1.42 bits per heavy atom. The number of aromatic amines is 1. The molecule has 2 aromatic heterocycles. The van der Waals surface area contributed by atoms with Gasteiger partial charge in [0.05, 0.1) is 11.3 Å². The van der Waals surface area contributed by atoms with Gasteiger partial charge in [-0.25, -0.2) is 15.0 Å². The molecule has 0 radical (unpaired) electrons. The van der Waals surface area contributed by atoms with Gasteiger partial charge in [0.25, 0.3) is 5.56 Å². The molecule has 0 aromatic carbocycles. The van der Waals surface area contributed by atoms with Crippen LogP contribution in [0.25, 0.3) is 0 Å². The van der Waals surface area contributed by atoms with Crippen molar-refractivity contribution in [2.75, 3.05) is 0 Å². The van der Waals surface area contributed by atoms with Crippen molar-refractivity contribution in [3.05, 3.63) is 51.7 Å². The lowest BCUT2D eigenvalue weighted by atomic mass is 10.1. The fourth-order valence-corrected chi connectivity index (χ4v) is 2.03. The van der Waals surface area contributed by atoms with E-state index in [-0.39, 0.29) is 11.6 Å². The van der Waals surface area contributed by atoms with Gasteiger partial charge in [-0.1, -0.05) is 0 Å². The first-order valence-corrected chi connectivity index (χ1v) is 6.13. The Labute approximate surface area is 111 Å². The largest absolute Gasteiger partial charge is 0.310 e. The third-order valence-electron chi connectivity index (χ3n) is 2.93. The van der Waals surface area contributed by atoms with Crippen molar-refractivity contribution in [2.45, 2.75) is 33.4 Å². The highest BCUT2D eigenvalue weighted by molar-refractivity contribution is 5.20. The number of nitrogens with one attached hydrogen (secondary N) is 2.